The van der Waals surface area contributed by atoms with Crippen molar-refractivity contribution in [3.05, 3.63) is 51.7 Å². The Morgan fingerprint density at radius 2 is 1.40 bits per heavy atom. The molecular formula is C16H11Br5N2OS. The van der Waals surface area contributed by atoms with E-state index in [2.05, 4.69) is 90.3 Å². The number of benzene rings is 2. The van der Waals surface area contributed by atoms with E-state index < -0.39 is 5.91 Å². The molecule has 0 saturated carbocycles. The molecule has 0 aliphatic carbocycles. The molecule has 0 atom stereocenters. The SMILES string of the molecule is Cc1cccc(NC(=S)C(=O)Nc2c(Br)c(Br)c(Br)c(Br)c2Br)c1C. The van der Waals surface area contributed by atoms with Gasteiger partial charge < -0.3 is 10.6 Å². The summed E-state index contributed by atoms with van der Waals surface area (Å²) in [7, 11) is 0. The number of hydrogen-bond donors (Lipinski definition) is 2. The van der Waals surface area contributed by atoms with Gasteiger partial charge in [0.15, 0.2) is 4.99 Å². The van der Waals surface area contributed by atoms with Crippen molar-refractivity contribution >= 4 is 114 Å². The monoisotopic (exact) mass is 674 g/mol. The average molecular weight is 679 g/mol. The summed E-state index contributed by atoms with van der Waals surface area (Å²) in [5.41, 5.74) is 3.56. The minimum absolute atomic E-state index is 0.0858. The van der Waals surface area contributed by atoms with Crippen LogP contribution < -0.4 is 10.6 Å². The largest absolute Gasteiger partial charge is 0.342 e. The molecule has 0 radical (unpaired) electrons. The maximum atomic E-state index is 12.5. The quantitative estimate of drug-likeness (QED) is 0.197. The Balaban J connectivity index is 2.26. The number of rotatable bonds is 2. The first-order valence-electron chi connectivity index (χ1n) is 6.85. The van der Waals surface area contributed by atoms with Gasteiger partial charge in [-0.15, -0.1) is 0 Å². The summed E-state index contributed by atoms with van der Waals surface area (Å²) in [5.74, 6) is -0.404. The smallest absolute Gasteiger partial charge is 0.283 e. The fraction of sp³-hybridized carbons (Fsp3) is 0.125. The zero-order valence-corrected chi connectivity index (χ0v) is 21.7. The first-order chi connectivity index (χ1) is 11.6. The summed E-state index contributed by atoms with van der Waals surface area (Å²) in [6, 6.07) is 5.82. The normalized spacial score (nSPS) is 10.5. The molecule has 1 amide bonds. The Morgan fingerprint density at radius 1 is 0.880 bits per heavy atom. The van der Waals surface area contributed by atoms with Crippen molar-refractivity contribution in [2.75, 3.05) is 10.6 Å². The Kier molecular flexibility index (Phi) is 7.68. The molecule has 9 heteroatoms. The third kappa shape index (κ3) is 4.73. The van der Waals surface area contributed by atoms with Crippen LogP contribution in [0.5, 0.6) is 0 Å². The standard InChI is InChI=1S/C16H11Br5N2OS/c1-6-4-3-5-8(7(6)2)22-16(25)15(24)23-14-12(20)10(18)9(17)11(19)13(14)21/h3-5H,1-2H3,(H,22,25)(H,23,24). The van der Waals surface area contributed by atoms with Crippen LogP contribution in [-0.4, -0.2) is 10.9 Å². The van der Waals surface area contributed by atoms with Gasteiger partial charge in [-0.3, -0.25) is 4.79 Å². The van der Waals surface area contributed by atoms with E-state index in [1.54, 1.807) is 0 Å². The fourth-order valence-corrected chi connectivity index (χ4v) is 5.36. The van der Waals surface area contributed by atoms with Gasteiger partial charge in [-0.25, -0.2) is 0 Å². The van der Waals surface area contributed by atoms with Gasteiger partial charge in [-0.05, 0) is 111 Å². The zero-order valence-electron chi connectivity index (χ0n) is 12.9. The van der Waals surface area contributed by atoms with Crippen LogP contribution in [0.4, 0.5) is 11.4 Å². The molecule has 0 spiro atoms. The van der Waals surface area contributed by atoms with E-state index in [1.807, 2.05) is 32.0 Å². The van der Waals surface area contributed by atoms with E-state index in [9.17, 15) is 4.79 Å². The van der Waals surface area contributed by atoms with Crippen LogP contribution in [0.1, 0.15) is 11.1 Å². The lowest BCUT2D eigenvalue weighted by Crippen LogP contribution is -2.28. The number of halogens is 5. The number of carbonyl (C=O) groups excluding carboxylic acids is 1. The molecule has 132 valence electrons. The molecule has 0 aromatic heterocycles. The summed E-state index contributed by atoms with van der Waals surface area (Å²) in [6.07, 6.45) is 0. The molecule has 2 aromatic rings. The van der Waals surface area contributed by atoms with Gasteiger partial charge in [0.2, 0.25) is 0 Å². The number of amides is 1. The number of anilines is 2. The lowest BCUT2D eigenvalue weighted by Gasteiger charge is -2.16. The molecule has 2 rings (SSSR count). The molecule has 0 aliphatic heterocycles. The lowest BCUT2D eigenvalue weighted by molar-refractivity contribution is -0.110. The molecule has 3 nitrogen and oxygen atoms in total. The maximum absolute atomic E-state index is 12.5. The molecule has 0 heterocycles. The minimum Gasteiger partial charge on any atom is -0.342 e. The van der Waals surface area contributed by atoms with Crippen LogP contribution in [0.15, 0.2) is 40.6 Å². The number of thiocarbonyl (C=S) groups is 1. The summed E-state index contributed by atoms with van der Waals surface area (Å²) in [4.78, 5) is 12.6. The number of carbonyl (C=O) groups is 1. The Hall–Kier alpha value is 0.200. The molecule has 0 unspecified atom stereocenters. The van der Waals surface area contributed by atoms with Crippen molar-refractivity contribution in [3.8, 4) is 0 Å². The second kappa shape index (κ2) is 8.93. The predicted molar refractivity (Wildman–Crippen MR) is 126 cm³/mol. The van der Waals surface area contributed by atoms with Crippen LogP contribution in [0.25, 0.3) is 0 Å². The van der Waals surface area contributed by atoms with E-state index in [4.69, 9.17) is 12.2 Å². The second-order valence-electron chi connectivity index (χ2n) is 5.10. The maximum Gasteiger partial charge on any atom is 0.283 e. The van der Waals surface area contributed by atoms with E-state index >= 15 is 0 Å². The third-order valence-corrected chi connectivity index (χ3v) is 9.89. The fourth-order valence-electron chi connectivity index (χ4n) is 1.95. The van der Waals surface area contributed by atoms with Crippen LogP contribution in [-0.2, 0) is 4.79 Å². The van der Waals surface area contributed by atoms with Gasteiger partial charge in [0.25, 0.3) is 5.91 Å². The van der Waals surface area contributed by atoms with Crippen molar-refractivity contribution in [1.29, 1.82) is 0 Å². The molecule has 25 heavy (non-hydrogen) atoms. The van der Waals surface area contributed by atoms with Crippen molar-refractivity contribution in [3.63, 3.8) is 0 Å². The zero-order chi connectivity index (χ0) is 18.9. The first kappa shape index (κ1) is 21.5. The number of aryl methyl sites for hydroxylation is 1. The number of nitrogens with one attached hydrogen (secondary N) is 2. The summed E-state index contributed by atoms with van der Waals surface area (Å²) in [6.45, 7) is 3.99. The number of hydrogen-bond acceptors (Lipinski definition) is 2. The average Bonchev–Trinajstić information content (AvgIpc) is 2.59. The summed E-state index contributed by atoms with van der Waals surface area (Å²) < 4.78 is 3.74. The molecule has 0 saturated heterocycles. The first-order valence-corrected chi connectivity index (χ1v) is 11.2. The van der Waals surface area contributed by atoms with Crippen molar-refractivity contribution in [1.82, 2.24) is 0 Å². The van der Waals surface area contributed by atoms with Crippen LogP contribution >= 0.6 is 91.9 Å². The molecule has 0 bridgehead atoms. The van der Waals surface area contributed by atoms with E-state index in [1.165, 1.54) is 0 Å². The van der Waals surface area contributed by atoms with E-state index in [-0.39, 0.29) is 4.99 Å². The van der Waals surface area contributed by atoms with Crippen molar-refractivity contribution in [2.45, 2.75) is 13.8 Å². The topological polar surface area (TPSA) is 41.1 Å². The molecular weight excluding hydrogens is 668 g/mol. The van der Waals surface area contributed by atoms with Crippen molar-refractivity contribution in [2.24, 2.45) is 0 Å². The highest BCUT2D eigenvalue weighted by Gasteiger charge is 2.21. The van der Waals surface area contributed by atoms with E-state index in [0.717, 1.165) is 30.2 Å². The Morgan fingerprint density at radius 3 is 1.96 bits per heavy atom. The lowest BCUT2D eigenvalue weighted by atomic mass is 10.1. The van der Waals surface area contributed by atoms with E-state index in [0.29, 0.717) is 14.6 Å². The summed E-state index contributed by atoms with van der Waals surface area (Å²) in [5, 5.41) is 5.83. The molecule has 0 fully saturated rings. The third-order valence-electron chi connectivity index (χ3n) is 3.51. The van der Waals surface area contributed by atoms with Gasteiger partial charge in [0.1, 0.15) is 0 Å². The van der Waals surface area contributed by atoms with Gasteiger partial charge in [0, 0.05) is 19.1 Å². The second-order valence-corrected chi connectivity index (χ2v) is 9.47. The highest BCUT2D eigenvalue weighted by atomic mass is 79.9. The molecule has 0 aliphatic rings. The Labute approximate surface area is 193 Å². The van der Waals surface area contributed by atoms with Crippen LogP contribution in [0, 0.1) is 13.8 Å². The minimum atomic E-state index is -0.404. The molecule has 2 N–H and O–H groups in total. The predicted octanol–water partition coefficient (Wildman–Crippen LogP) is 7.49. The highest BCUT2D eigenvalue weighted by Crippen LogP contribution is 2.47. The van der Waals surface area contributed by atoms with Gasteiger partial charge in [-0.2, -0.15) is 0 Å². The van der Waals surface area contributed by atoms with Gasteiger partial charge in [-0.1, -0.05) is 24.4 Å². The molecule has 2 aromatic carbocycles. The summed E-state index contributed by atoms with van der Waals surface area (Å²) >= 11 is 22.6. The van der Waals surface area contributed by atoms with Crippen LogP contribution in [0.2, 0.25) is 0 Å². The Bertz CT molecular complexity index is 856. The highest BCUT2D eigenvalue weighted by molar-refractivity contribution is 9.15. The van der Waals surface area contributed by atoms with Crippen molar-refractivity contribution < 1.29 is 4.79 Å². The van der Waals surface area contributed by atoms with Gasteiger partial charge >= 0.3 is 0 Å². The van der Waals surface area contributed by atoms with Crippen LogP contribution in [0.3, 0.4) is 0 Å². The van der Waals surface area contributed by atoms with Gasteiger partial charge in [0.05, 0.1) is 14.6 Å².